The van der Waals surface area contributed by atoms with Crippen LogP contribution in [0, 0.1) is 5.92 Å². The van der Waals surface area contributed by atoms with Crippen LogP contribution in [-0.4, -0.2) is 27.7 Å². The smallest absolute Gasteiger partial charge is 0.258 e. The fourth-order valence-corrected chi connectivity index (χ4v) is 3.51. The van der Waals surface area contributed by atoms with Gasteiger partial charge in [0.05, 0.1) is 15.6 Å². The third-order valence-corrected chi connectivity index (χ3v) is 4.98. The van der Waals surface area contributed by atoms with Gasteiger partial charge in [-0.1, -0.05) is 6.92 Å². The molecule has 0 aromatic heterocycles. The summed E-state index contributed by atoms with van der Waals surface area (Å²) >= 11 is 0. The highest BCUT2D eigenvalue weighted by Gasteiger charge is 2.22. The molecule has 0 aromatic carbocycles. The van der Waals surface area contributed by atoms with E-state index in [-0.39, 0.29) is 17.9 Å². The molecule has 82 valence electrons. The van der Waals surface area contributed by atoms with Gasteiger partial charge in [0.15, 0.2) is 0 Å². The lowest BCUT2D eigenvalue weighted by atomic mass is 10.1. The highest BCUT2D eigenvalue weighted by molar-refractivity contribution is 7.94. The first kappa shape index (κ1) is 11.7. The number of hydrogen-bond donors (Lipinski definition) is 1. The van der Waals surface area contributed by atoms with Crippen LogP contribution < -0.4 is 5.73 Å². The first-order valence-corrected chi connectivity index (χ1v) is 6.82. The molecule has 14 heavy (non-hydrogen) atoms. The van der Waals surface area contributed by atoms with Gasteiger partial charge in [-0.2, -0.15) is 4.36 Å². The van der Waals surface area contributed by atoms with Gasteiger partial charge in [-0.05, 0) is 19.8 Å². The molecule has 1 amide bonds. The van der Waals surface area contributed by atoms with E-state index in [4.69, 9.17) is 5.73 Å². The maximum atomic E-state index is 11.9. The summed E-state index contributed by atoms with van der Waals surface area (Å²) < 4.78 is 15.7. The number of amides is 1. The predicted molar refractivity (Wildman–Crippen MR) is 57.4 cm³/mol. The van der Waals surface area contributed by atoms with Gasteiger partial charge < -0.3 is 5.73 Å². The first-order valence-electron chi connectivity index (χ1n) is 4.96. The van der Waals surface area contributed by atoms with Crippen LogP contribution >= 0.6 is 0 Å². The summed E-state index contributed by atoms with van der Waals surface area (Å²) in [6, 6.07) is -0.226. The molecule has 1 heterocycles. The standard InChI is InChI=1S/C9H18N2O2S/c1-7(8(2)10)9(12)11-14(13)5-3-4-6-14/h7-8H,3-6,10H2,1-2H3. The Morgan fingerprint density at radius 3 is 2.29 bits per heavy atom. The lowest BCUT2D eigenvalue weighted by Gasteiger charge is -2.11. The van der Waals surface area contributed by atoms with Crippen LogP contribution in [0.3, 0.4) is 0 Å². The van der Waals surface area contributed by atoms with Gasteiger partial charge in [-0.3, -0.25) is 4.79 Å². The Hall–Kier alpha value is -0.420. The van der Waals surface area contributed by atoms with Crippen molar-refractivity contribution < 1.29 is 9.00 Å². The van der Waals surface area contributed by atoms with Gasteiger partial charge in [0, 0.05) is 17.5 Å². The van der Waals surface area contributed by atoms with Crippen LogP contribution in [0.4, 0.5) is 0 Å². The normalized spacial score (nSPS) is 24.2. The molecule has 0 aliphatic carbocycles. The molecule has 0 aromatic rings. The van der Waals surface area contributed by atoms with Crippen molar-refractivity contribution in [2.75, 3.05) is 11.5 Å². The van der Waals surface area contributed by atoms with Crippen LogP contribution in [-0.2, 0) is 14.5 Å². The number of nitrogens with two attached hydrogens (primary N) is 1. The van der Waals surface area contributed by atoms with Gasteiger partial charge in [0.2, 0.25) is 0 Å². The molecule has 1 aliphatic heterocycles. The summed E-state index contributed by atoms with van der Waals surface area (Å²) in [5, 5.41) is 0. The highest BCUT2D eigenvalue weighted by atomic mass is 32.2. The second-order valence-corrected chi connectivity index (χ2v) is 6.51. The van der Waals surface area contributed by atoms with Gasteiger partial charge in [0.1, 0.15) is 0 Å². The van der Waals surface area contributed by atoms with E-state index < -0.39 is 9.73 Å². The van der Waals surface area contributed by atoms with Crippen LogP contribution in [0.2, 0.25) is 0 Å². The van der Waals surface area contributed by atoms with Crippen LogP contribution in [0.25, 0.3) is 0 Å². The topological polar surface area (TPSA) is 72.5 Å². The largest absolute Gasteiger partial charge is 0.327 e. The Morgan fingerprint density at radius 1 is 1.36 bits per heavy atom. The molecule has 0 radical (unpaired) electrons. The fraction of sp³-hybridized carbons (Fsp3) is 0.889. The monoisotopic (exact) mass is 218 g/mol. The molecule has 1 rings (SSSR count). The maximum absolute atomic E-state index is 11.9. The Balaban J connectivity index is 2.77. The molecular weight excluding hydrogens is 200 g/mol. The minimum absolute atomic E-state index is 0.226. The van der Waals surface area contributed by atoms with E-state index in [1.807, 2.05) is 0 Å². The van der Waals surface area contributed by atoms with E-state index in [0.717, 1.165) is 12.8 Å². The number of hydrogen-bond acceptors (Lipinski definition) is 3. The Bertz CT molecular complexity index is 318. The fourth-order valence-electron chi connectivity index (χ4n) is 1.32. The minimum Gasteiger partial charge on any atom is -0.327 e. The van der Waals surface area contributed by atoms with Crippen molar-refractivity contribution in [1.29, 1.82) is 0 Å². The van der Waals surface area contributed by atoms with Crippen molar-refractivity contribution >= 4 is 15.6 Å². The number of carbonyl (C=O) groups is 1. The van der Waals surface area contributed by atoms with Crippen molar-refractivity contribution in [3.05, 3.63) is 0 Å². The van der Waals surface area contributed by atoms with E-state index in [0.29, 0.717) is 11.5 Å². The number of nitrogens with zero attached hydrogens (tertiary/aromatic N) is 1. The van der Waals surface area contributed by atoms with E-state index in [1.54, 1.807) is 13.8 Å². The molecular formula is C9H18N2O2S. The molecule has 4 nitrogen and oxygen atoms in total. The second kappa shape index (κ2) is 4.40. The predicted octanol–water partition coefficient (Wildman–Crippen LogP) is 0.758. The number of carbonyl (C=O) groups excluding carboxylic acids is 1. The van der Waals surface area contributed by atoms with Crippen molar-refractivity contribution in [3.63, 3.8) is 0 Å². The molecule has 0 saturated carbocycles. The lowest BCUT2D eigenvalue weighted by Crippen LogP contribution is -2.30. The molecule has 1 fully saturated rings. The number of rotatable bonds is 2. The summed E-state index contributed by atoms with van der Waals surface area (Å²) in [6.45, 7) is 3.49. The van der Waals surface area contributed by atoms with Gasteiger partial charge in [-0.25, -0.2) is 4.21 Å². The molecule has 2 atom stereocenters. The molecule has 2 N–H and O–H groups in total. The first-order chi connectivity index (χ1) is 6.44. The third-order valence-electron chi connectivity index (χ3n) is 2.61. The van der Waals surface area contributed by atoms with Crippen LogP contribution in [0.5, 0.6) is 0 Å². The average molecular weight is 218 g/mol. The van der Waals surface area contributed by atoms with Crippen molar-refractivity contribution in [3.8, 4) is 0 Å². The van der Waals surface area contributed by atoms with Crippen molar-refractivity contribution in [2.45, 2.75) is 32.7 Å². The average Bonchev–Trinajstić information content (AvgIpc) is 2.50. The highest BCUT2D eigenvalue weighted by Crippen LogP contribution is 2.15. The van der Waals surface area contributed by atoms with E-state index >= 15 is 0 Å². The summed E-state index contributed by atoms with van der Waals surface area (Å²) in [4.78, 5) is 11.5. The Morgan fingerprint density at radius 2 is 1.86 bits per heavy atom. The third kappa shape index (κ3) is 2.78. The van der Waals surface area contributed by atoms with Crippen LogP contribution in [0.15, 0.2) is 4.36 Å². The zero-order valence-electron chi connectivity index (χ0n) is 8.73. The molecule has 1 saturated heterocycles. The Kier molecular flexibility index (Phi) is 3.66. The van der Waals surface area contributed by atoms with Gasteiger partial charge in [0.25, 0.3) is 5.91 Å². The SMILES string of the molecule is CC(N)C(C)C(=O)N=S1(=O)CCCC1. The summed E-state index contributed by atoms with van der Waals surface area (Å²) in [5.74, 6) is 0.523. The summed E-state index contributed by atoms with van der Waals surface area (Å²) in [5.41, 5.74) is 5.58. The Labute approximate surface area is 85.4 Å². The van der Waals surface area contributed by atoms with Crippen molar-refractivity contribution in [1.82, 2.24) is 0 Å². The summed E-state index contributed by atoms with van der Waals surface area (Å²) in [7, 11) is -2.21. The molecule has 1 aliphatic rings. The zero-order chi connectivity index (χ0) is 10.8. The lowest BCUT2D eigenvalue weighted by molar-refractivity contribution is -0.121. The molecule has 2 unspecified atom stereocenters. The minimum atomic E-state index is -2.21. The van der Waals surface area contributed by atoms with E-state index in [1.165, 1.54) is 0 Å². The molecule has 5 heteroatoms. The summed E-state index contributed by atoms with van der Waals surface area (Å²) in [6.07, 6.45) is 1.84. The quantitative estimate of drug-likeness (QED) is 0.743. The van der Waals surface area contributed by atoms with E-state index in [9.17, 15) is 9.00 Å². The maximum Gasteiger partial charge on any atom is 0.258 e. The van der Waals surface area contributed by atoms with Gasteiger partial charge >= 0.3 is 0 Å². The molecule has 0 bridgehead atoms. The van der Waals surface area contributed by atoms with Crippen molar-refractivity contribution in [2.24, 2.45) is 16.0 Å². The van der Waals surface area contributed by atoms with Crippen LogP contribution in [0.1, 0.15) is 26.7 Å². The van der Waals surface area contributed by atoms with Gasteiger partial charge in [-0.15, -0.1) is 0 Å². The zero-order valence-corrected chi connectivity index (χ0v) is 9.55. The van der Waals surface area contributed by atoms with E-state index in [2.05, 4.69) is 4.36 Å². The second-order valence-electron chi connectivity index (χ2n) is 3.97. The molecule has 0 spiro atoms.